The van der Waals surface area contributed by atoms with E-state index in [-0.39, 0.29) is 5.91 Å². The minimum Gasteiger partial charge on any atom is -0.479 e. The molecule has 0 saturated carbocycles. The number of carboxylic acid groups (broad SMARTS) is 1. The maximum absolute atomic E-state index is 12.7. The summed E-state index contributed by atoms with van der Waals surface area (Å²) < 4.78 is 2.77. The van der Waals surface area contributed by atoms with E-state index in [1.807, 2.05) is 17.5 Å². The molecule has 8 heteroatoms. The predicted octanol–water partition coefficient (Wildman–Crippen LogP) is 2.45. The number of hydrogen-bond donors (Lipinski definition) is 2. The number of carbonyl (C=O) groups is 2. The topological polar surface area (TPSA) is 91.2 Å². The number of aryl methyl sites for hydroxylation is 1. The lowest BCUT2D eigenvalue weighted by Crippen LogP contribution is -2.52. The van der Waals surface area contributed by atoms with Gasteiger partial charge in [0.1, 0.15) is 17.1 Å². The van der Waals surface area contributed by atoms with Gasteiger partial charge in [-0.2, -0.15) is 0 Å². The SMILES string of the molecule is Cc1nccn1C1(C(=O)O)CCN(C(=O)c2cc3sccc3[nH]2)CC1. The summed E-state index contributed by atoms with van der Waals surface area (Å²) in [6.45, 7) is 2.60. The number of thiophene rings is 1. The van der Waals surface area contributed by atoms with Crippen molar-refractivity contribution < 1.29 is 14.7 Å². The van der Waals surface area contributed by atoms with E-state index < -0.39 is 11.5 Å². The van der Waals surface area contributed by atoms with Crippen LogP contribution in [-0.4, -0.2) is 49.5 Å². The average Bonchev–Trinajstić information content (AvgIpc) is 3.29. The van der Waals surface area contributed by atoms with Crippen molar-refractivity contribution in [2.24, 2.45) is 0 Å². The van der Waals surface area contributed by atoms with Gasteiger partial charge in [-0.3, -0.25) is 4.79 Å². The average molecular weight is 358 g/mol. The zero-order valence-electron chi connectivity index (χ0n) is 13.7. The lowest BCUT2D eigenvalue weighted by atomic mass is 9.86. The molecule has 0 bridgehead atoms. The zero-order valence-corrected chi connectivity index (χ0v) is 14.5. The van der Waals surface area contributed by atoms with Crippen molar-refractivity contribution >= 4 is 33.4 Å². The van der Waals surface area contributed by atoms with Crippen molar-refractivity contribution in [2.75, 3.05) is 13.1 Å². The zero-order chi connectivity index (χ0) is 17.6. The molecule has 1 saturated heterocycles. The first-order valence-electron chi connectivity index (χ1n) is 8.10. The van der Waals surface area contributed by atoms with E-state index >= 15 is 0 Å². The first-order valence-corrected chi connectivity index (χ1v) is 8.98. The number of carbonyl (C=O) groups excluding carboxylic acids is 1. The van der Waals surface area contributed by atoms with Crippen molar-refractivity contribution in [3.8, 4) is 0 Å². The molecule has 7 nitrogen and oxygen atoms in total. The van der Waals surface area contributed by atoms with Gasteiger partial charge in [-0.1, -0.05) is 0 Å². The lowest BCUT2D eigenvalue weighted by molar-refractivity contribution is -0.150. The molecule has 0 radical (unpaired) electrons. The number of fused-ring (bicyclic) bond motifs is 1. The molecule has 0 unspecified atom stereocenters. The fraction of sp³-hybridized carbons (Fsp3) is 0.353. The summed E-state index contributed by atoms with van der Waals surface area (Å²) in [5.41, 5.74) is 0.482. The molecule has 0 spiro atoms. The molecule has 0 aromatic carbocycles. The number of aromatic nitrogens is 3. The minimum atomic E-state index is -1.03. The van der Waals surface area contributed by atoms with Crippen molar-refractivity contribution in [2.45, 2.75) is 25.3 Å². The Morgan fingerprint density at radius 2 is 2.12 bits per heavy atom. The van der Waals surface area contributed by atoms with Crippen LogP contribution in [0.5, 0.6) is 0 Å². The van der Waals surface area contributed by atoms with Crippen LogP contribution >= 0.6 is 11.3 Å². The third kappa shape index (κ3) is 2.44. The molecule has 130 valence electrons. The molecule has 2 N–H and O–H groups in total. The van der Waals surface area contributed by atoms with Crippen LogP contribution in [0.3, 0.4) is 0 Å². The Hall–Kier alpha value is -2.61. The summed E-state index contributed by atoms with van der Waals surface area (Å²) in [5.74, 6) is -0.280. The van der Waals surface area contributed by atoms with Gasteiger partial charge in [-0.05, 0) is 37.3 Å². The number of piperidine rings is 1. The Kier molecular flexibility index (Phi) is 3.64. The van der Waals surface area contributed by atoms with Crippen LogP contribution < -0.4 is 0 Å². The van der Waals surface area contributed by atoms with Crippen LogP contribution in [-0.2, 0) is 10.3 Å². The minimum absolute atomic E-state index is 0.0789. The number of imidazole rings is 1. The van der Waals surface area contributed by atoms with Crippen molar-refractivity contribution in [3.05, 3.63) is 41.4 Å². The number of H-pyrrole nitrogens is 1. The molecule has 3 aromatic rings. The number of rotatable bonds is 3. The van der Waals surface area contributed by atoms with Crippen molar-refractivity contribution in [3.63, 3.8) is 0 Å². The third-order valence-corrected chi connectivity index (χ3v) is 5.90. The Morgan fingerprint density at radius 3 is 2.72 bits per heavy atom. The molecule has 4 heterocycles. The number of nitrogens with one attached hydrogen (secondary N) is 1. The van der Waals surface area contributed by atoms with Crippen LogP contribution in [0.25, 0.3) is 10.2 Å². The lowest BCUT2D eigenvalue weighted by Gasteiger charge is -2.40. The Labute approximate surface area is 147 Å². The molecule has 1 aliphatic rings. The molecular formula is C17H18N4O3S. The molecule has 1 fully saturated rings. The van der Waals surface area contributed by atoms with Gasteiger partial charge in [-0.15, -0.1) is 11.3 Å². The summed E-state index contributed by atoms with van der Waals surface area (Å²) in [6.07, 6.45) is 4.05. The van der Waals surface area contributed by atoms with E-state index in [1.165, 1.54) is 0 Å². The van der Waals surface area contributed by atoms with Crippen LogP contribution in [0.4, 0.5) is 0 Å². The molecule has 1 amide bonds. The quantitative estimate of drug-likeness (QED) is 0.752. The summed E-state index contributed by atoms with van der Waals surface area (Å²) in [4.78, 5) is 33.8. The number of aromatic amines is 1. The third-order valence-electron chi connectivity index (χ3n) is 5.03. The number of nitrogens with zero attached hydrogens (tertiary/aromatic N) is 3. The van der Waals surface area contributed by atoms with Crippen LogP contribution in [0.2, 0.25) is 0 Å². The van der Waals surface area contributed by atoms with Gasteiger partial charge in [0.25, 0.3) is 5.91 Å². The van der Waals surface area contributed by atoms with Gasteiger partial charge in [0.15, 0.2) is 0 Å². The highest BCUT2D eigenvalue weighted by atomic mass is 32.1. The van der Waals surface area contributed by atoms with Gasteiger partial charge >= 0.3 is 5.97 Å². The van der Waals surface area contributed by atoms with Crippen LogP contribution in [0.15, 0.2) is 29.9 Å². The molecule has 3 aromatic heterocycles. The van der Waals surface area contributed by atoms with Gasteiger partial charge in [0.2, 0.25) is 0 Å². The number of carboxylic acids is 1. The summed E-state index contributed by atoms with van der Waals surface area (Å²) >= 11 is 1.59. The summed E-state index contributed by atoms with van der Waals surface area (Å²) in [5, 5.41) is 11.8. The fourth-order valence-corrected chi connectivity index (χ4v) is 4.38. The van der Waals surface area contributed by atoms with Crippen molar-refractivity contribution in [1.82, 2.24) is 19.4 Å². The van der Waals surface area contributed by atoms with E-state index in [1.54, 1.807) is 40.1 Å². The predicted molar refractivity (Wildman–Crippen MR) is 93.9 cm³/mol. The van der Waals surface area contributed by atoms with Gasteiger partial charge < -0.3 is 19.6 Å². The normalized spacial score (nSPS) is 17.1. The van der Waals surface area contributed by atoms with Gasteiger partial charge in [0.05, 0.1) is 10.2 Å². The van der Waals surface area contributed by atoms with Gasteiger partial charge in [0, 0.05) is 25.5 Å². The highest BCUT2D eigenvalue weighted by Gasteiger charge is 2.44. The Balaban J connectivity index is 1.55. The number of amides is 1. The standard InChI is InChI=1S/C17H18N4O3S/c1-11-18-5-8-21(11)17(16(23)24)3-6-20(7-4-17)15(22)13-10-14-12(19-13)2-9-25-14/h2,5,8-10,19H,3-4,6-7H2,1H3,(H,23,24). The van der Waals surface area contributed by atoms with Crippen LogP contribution in [0, 0.1) is 6.92 Å². The Morgan fingerprint density at radius 1 is 1.36 bits per heavy atom. The number of likely N-dealkylation sites (tertiary alicyclic amines) is 1. The molecule has 4 rings (SSSR count). The van der Waals surface area contributed by atoms with Crippen LogP contribution in [0.1, 0.15) is 29.2 Å². The smallest absolute Gasteiger partial charge is 0.330 e. The Bertz CT molecular complexity index is 918. The highest BCUT2D eigenvalue weighted by Crippen LogP contribution is 2.32. The van der Waals surface area contributed by atoms with E-state index in [9.17, 15) is 14.7 Å². The maximum Gasteiger partial charge on any atom is 0.330 e. The molecule has 25 heavy (non-hydrogen) atoms. The second kappa shape index (κ2) is 5.73. The van der Waals surface area contributed by atoms with E-state index in [4.69, 9.17) is 0 Å². The first-order chi connectivity index (χ1) is 12.0. The monoisotopic (exact) mass is 358 g/mol. The first kappa shape index (κ1) is 15.9. The second-order valence-electron chi connectivity index (χ2n) is 6.35. The number of aliphatic carboxylic acids is 1. The molecule has 0 aliphatic carbocycles. The highest BCUT2D eigenvalue weighted by molar-refractivity contribution is 7.17. The van der Waals surface area contributed by atoms with E-state index in [0.29, 0.717) is 37.4 Å². The van der Waals surface area contributed by atoms with Crippen molar-refractivity contribution in [1.29, 1.82) is 0 Å². The fourth-order valence-electron chi connectivity index (χ4n) is 3.60. The summed E-state index contributed by atoms with van der Waals surface area (Å²) in [6, 6.07) is 3.81. The van der Waals surface area contributed by atoms with Gasteiger partial charge in [-0.25, -0.2) is 9.78 Å². The molecule has 0 atom stereocenters. The van der Waals surface area contributed by atoms with E-state index in [2.05, 4.69) is 9.97 Å². The summed E-state index contributed by atoms with van der Waals surface area (Å²) in [7, 11) is 0. The molecular weight excluding hydrogens is 340 g/mol. The van der Waals surface area contributed by atoms with E-state index in [0.717, 1.165) is 10.2 Å². The number of hydrogen-bond acceptors (Lipinski definition) is 4. The largest absolute Gasteiger partial charge is 0.479 e. The maximum atomic E-state index is 12.7. The molecule has 1 aliphatic heterocycles. The second-order valence-corrected chi connectivity index (χ2v) is 7.30.